The zero-order chi connectivity index (χ0) is 6.85. The number of hydrogen-bond donors (Lipinski definition) is 2. The van der Waals surface area contributed by atoms with Gasteiger partial charge in [0.2, 0.25) is 0 Å². The van der Waals surface area contributed by atoms with Gasteiger partial charge in [0.15, 0.2) is 0 Å². The minimum atomic E-state index is -0.0411. The van der Waals surface area contributed by atoms with Crippen LogP contribution in [0.5, 0.6) is 0 Å². The van der Waals surface area contributed by atoms with Crippen LogP contribution in [0.15, 0.2) is 0 Å². The van der Waals surface area contributed by atoms with Gasteiger partial charge in [0.05, 0.1) is 0 Å². The number of hydrogen-bond acceptors (Lipinski definition) is 1. The normalized spacial score (nSPS) is 35.1. The molecule has 52 valence electrons. The van der Waals surface area contributed by atoms with Crippen molar-refractivity contribution in [1.82, 2.24) is 10.6 Å². The van der Waals surface area contributed by atoms with Gasteiger partial charge in [-0.25, -0.2) is 4.79 Å². The van der Waals surface area contributed by atoms with E-state index >= 15 is 0 Å². The molecule has 1 aliphatic heterocycles. The number of rotatable bonds is 0. The average Bonchev–Trinajstić information content (AvgIpc) is 1.80. The van der Waals surface area contributed by atoms with E-state index in [4.69, 9.17) is 0 Å². The molecule has 9 heavy (non-hydrogen) atoms. The third-order valence-corrected chi connectivity index (χ3v) is 1.80. The van der Waals surface area contributed by atoms with Crippen LogP contribution < -0.4 is 10.6 Å². The summed E-state index contributed by atoms with van der Waals surface area (Å²) < 4.78 is 0. The van der Waals surface area contributed by atoms with Gasteiger partial charge in [-0.3, -0.25) is 0 Å². The Labute approximate surface area is 54.8 Å². The third kappa shape index (κ3) is 1.34. The number of amides is 2. The Bertz CT molecular complexity index is 124. The van der Waals surface area contributed by atoms with Crippen molar-refractivity contribution in [2.24, 2.45) is 5.92 Å². The predicted octanol–water partition coefficient (Wildman–Crippen LogP) is 0.324. The van der Waals surface area contributed by atoms with E-state index in [-0.39, 0.29) is 6.03 Å². The maximum Gasteiger partial charge on any atom is 0.315 e. The van der Waals surface area contributed by atoms with E-state index in [1.165, 1.54) is 0 Å². The summed E-state index contributed by atoms with van der Waals surface area (Å²) in [6.07, 6.45) is 0. The Kier molecular flexibility index (Phi) is 1.60. The largest absolute Gasteiger partial charge is 0.338 e. The Hall–Kier alpha value is -0.730. The summed E-state index contributed by atoms with van der Waals surface area (Å²) in [4.78, 5) is 10.6. The van der Waals surface area contributed by atoms with Crippen molar-refractivity contribution in [3.05, 3.63) is 0 Å². The van der Waals surface area contributed by atoms with Gasteiger partial charge < -0.3 is 10.6 Å². The quantitative estimate of drug-likeness (QED) is 0.484. The summed E-state index contributed by atoms with van der Waals surface area (Å²) in [6.45, 7) is 4.92. The summed E-state index contributed by atoms with van der Waals surface area (Å²) in [5.41, 5.74) is 0. The molecule has 2 unspecified atom stereocenters. The maximum atomic E-state index is 10.6. The van der Waals surface area contributed by atoms with Crippen molar-refractivity contribution >= 4 is 6.03 Å². The van der Waals surface area contributed by atoms with Crippen molar-refractivity contribution < 1.29 is 4.79 Å². The van der Waals surface area contributed by atoms with Gasteiger partial charge in [0, 0.05) is 12.6 Å². The Balaban J connectivity index is 2.44. The molecule has 2 N–H and O–H groups in total. The lowest BCUT2D eigenvalue weighted by Gasteiger charge is -2.27. The van der Waals surface area contributed by atoms with E-state index in [0.717, 1.165) is 6.54 Å². The molecule has 1 rings (SSSR count). The van der Waals surface area contributed by atoms with E-state index < -0.39 is 0 Å². The number of carbonyl (C=O) groups excluding carboxylic acids is 1. The van der Waals surface area contributed by atoms with Crippen molar-refractivity contribution in [2.45, 2.75) is 19.9 Å². The number of carbonyl (C=O) groups is 1. The topological polar surface area (TPSA) is 41.1 Å². The van der Waals surface area contributed by atoms with E-state index in [1.807, 2.05) is 6.92 Å². The number of nitrogens with one attached hydrogen (secondary N) is 2. The smallest absolute Gasteiger partial charge is 0.315 e. The molecule has 2 atom stereocenters. The fraction of sp³-hybridized carbons (Fsp3) is 0.833. The van der Waals surface area contributed by atoms with Crippen LogP contribution in [0.1, 0.15) is 13.8 Å². The second-order valence-corrected chi connectivity index (χ2v) is 2.62. The monoisotopic (exact) mass is 128 g/mol. The van der Waals surface area contributed by atoms with Gasteiger partial charge >= 0.3 is 6.03 Å². The van der Waals surface area contributed by atoms with Crippen molar-refractivity contribution in [1.29, 1.82) is 0 Å². The van der Waals surface area contributed by atoms with Crippen LogP contribution in [0, 0.1) is 5.92 Å². The fourth-order valence-corrected chi connectivity index (χ4v) is 0.831. The lowest BCUT2D eigenvalue weighted by atomic mass is 10.0. The van der Waals surface area contributed by atoms with Crippen molar-refractivity contribution in [3.8, 4) is 0 Å². The molecule has 0 radical (unpaired) electrons. The molecule has 1 aliphatic rings. The Morgan fingerprint density at radius 2 is 2.22 bits per heavy atom. The van der Waals surface area contributed by atoms with Gasteiger partial charge in [-0.15, -0.1) is 0 Å². The Morgan fingerprint density at radius 1 is 1.56 bits per heavy atom. The second kappa shape index (κ2) is 2.25. The Morgan fingerprint density at radius 3 is 2.67 bits per heavy atom. The highest BCUT2D eigenvalue weighted by molar-refractivity contribution is 5.74. The standard InChI is InChI=1S/C6H12N2O/c1-4-3-7-6(9)8-5(4)2/h4-5H,3H2,1-2H3,(H2,7,8,9). The molecule has 1 fully saturated rings. The highest BCUT2D eigenvalue weighted by atomic mass is 16.2. The summed E-state index contributed by atoms with van der Waals surface area (Å²) in [6, 6.07) is 0.277. The predicted molar refractivity (Wildman–Crippen MR) is 35.2 cm³/mol. The lowest BCUT2D eigenvalue weighted by Crippen LogP contribution is -2.52. The lowest BCUT2D eigenvalue weighted by molar-refractivity contribution is 0.220. The zero-order valence-corrected chi connectivity index (χ0v) is 5.77. The average molecular weight is 128 g/mol. The molecule has 3 heteroatoms. The highest BCUT2D eigenvalue weighted by Crippen LogP contribution is 2.03. The molecule has 0 bridgehead atoms. The number of urea groups is 1. The molecule has 0 saturated carbocycles. The molecule has 0 aliphatic carbocycles. The molecule has 1 heterocycles. The van der Waals surface area contributed by atoms with E-state index in [1.54, 1.807) is 0 Å². The van der Waals surface area contributed by atoms with Crippen LogP contribution in [0.25, 0.3) is 0 Å². The first-order chi connectivity index (χ1) is 4.20. The molecular formula is C6H12N2O. The summed E-state index contributed by atoms with van der Waals surface area (Å²) in [7, 11) is 0. The van der Waals surface area contributed by atoms with Crippen LogP contribution in [-0.4, -0.2) is 18.6 Å². The van der Waals surface area contributed by atoms with E-state index in [2.05, 4.69) is 17.6 Å². The summed E-state index contributed by atoms with van der Waals surface area (Å²) in [5.74, 6) is 0.544. The van der Waals surface area contributed by atoms with Crippen LogP contribution in [0.3, 0.4) is 0 Å². The van der Waals surface area contributed by atoms with Gasteiger partial charge in [-0.1, -0.05) is 6.92 Å². The first-order valence-electron chi connectivity index (χ1n) is 3.24. The van der Waals surface area contributed by atoms with Gasteiger partial charge in [-0.05, 0) is 12.8 Å². The third-order valence-electron chi connectivity index (χ3n) is 1.80. The van der Waals surface area contributed by atoms with Crippen molar-refractivity contribution in [2.75, 3.05) is 6.54 Å². The SMILES string of the molecule is CC1CNC(=O)NC1C. The maximum absolute atomic E-state index is 10.6. The fourth-order valence-electron chi connectivity index (χ4n) is 0.831. The van der Waals surface area contributed by atoms with Gasteiger partial charge in [0.25, 0.3) is 0 Å². The minimum absolute atomic E-state index is 0.0411. The molecule has 1 saturated heterocycles. The molecule has 2 amide bonds. The molecular weight excluding hydrogens is 116 g/mol. The van der Waals surface area contributed by atoms with Gasteiger partial charge in [0.1, 0.15) is 0 Å². The van der Waals surface area contributed by atoms with Crippen LogP contribution >= 0.6 is 0 Å². The molecule has 0 aromatic carbocycles. The minimum Gasteiger partial charge on any atom is -0.338 e. The van der Waals surface area contributed by atoms with Crippen LogP contribution in [0.4, 0.5) is 4.79 Å². The molecule has 0 spiro atoms. The highest BCUT2D eigenvalue weighted by Gasteiger charge is 2.19. The molecule has 3 nitrogen and oxygen atoms in total. The van der Waals surface area contributed by atoms with Crippen LogP contribution in [-0.2, 0) is 0 Å². The van der Waals surface area contributed by atoms with Gasteiger partial charge in [-0.2, -0.15) is 0 Å². The summed E-state index contributed by atoms with van der Waals surface area (Å²) >= 11 is 0. The second-order valence-electron chi connectivity index (χ2n) is 2.62. The van der Waals surface area contributed by atoms with Crippen LogP contribution in [0.2, 0.25) is 0 Å². The van der Waals surface area contributed by atoms with E-state index in [0.29, 0.717) is 12.0 Å². The summed E-state index contributed by atoms with van der Waals surface area (Å²) in [5, 5.41) is 5.49. The zero-order valence-electron chi connectivity index (χ0n) is 5.77. The van der Waals surface area contributed by atoms with E-state index in [9.17, 15) is 4.79 Å². The first kappa shape index (κ1) is 6.39. The molecule has 0 aromatic heterocycles. The first-order valence-corrected chi connectivity index (χ1v) is 3.24. The van der Waals surface area contributed by atoms with Crippen molar-refractivity contribution in [3.63, 3.8) is 0 Å². The molecule has 0 aromatic rings.